The van der Waals surface area contributed by atoms with Crippen molar-refractivity contribution in [2.75, 3.05) is 12.3 Å². The molecule has 18 heavy (non-hydrogen) atoms. The van der Waals surface area contributed by atoms with Crippen molar-refractivity contribution in [2.24, 2.45) is 0 Å². The fourth-order valence-electron chi connectivity index (χ4n) is 1.91. The van der Waals surface area contributed by atoms with Crippen LogP contribution in [0, 0.1) is 10.1 Å². The van der Waals surface area contributed by atoms with Gasteiger partial charge in [-0.25, -0.2) is 13.4 Å². The third kappa shape index (κ3) is 2.82. The van der Waals surface area contributed by atoms with E-state index in [0.29, 0.717) is 0 Å². The first kappa shape index (κ1) is 12.9. The van der Waals surface area contributed by atoms with Crippen LogP contribution in [0.3, 0.4) is 0 Å². The first-order chi connectivity index (χ1) is 8.49. The van der Waals surface area contributed by atoms with Crippen molar-refractivity contribution in [1.29, 1.82) is 0 Å². The first-order valence-electron chi connectivity index (χ1n) is 5.55. The molecule has 7 nitrogen and oxygen atoms in total. The normalized spacial score (nSPS) is 19.9. The molecule has 0 saturated carbocycles. The molecule has 2 heterocycles. The molecule has 0 amide bonds. The molecule has 1 atom stereocenters. The number of nitrogens with zero attached hydrogens (tertiary/aromatic N) is 2. The number of hydrogen-bond acceptors (Lipinski definition) is 6. The van der Waals surface area contributed by atoms with E-state index in [9.17, 15) is 18.5 Å². The van der Waals surface area contributed by atoms with Gasteiger partial charge in [-0.05, 0) is 25.5 Å². The Hall–Kier alpha value is -1.54. The summed E-state index contributed by atoms with van der Waals surface area (Å²) in [5, 5.41) is 13.4. The van der Waals surface area contributed by atoms with E-state index in [0.717, 1.165) is 31.6 Å². The molecule has 1 aliphatic heterocycles. The Balaban J connectivity index is 2.16. The monoisotopic (exact) mass is 271 g/mol. The van der Waals surface area contributed by atoms with Crippen molar-refractivity contribution in [2.45, 2.75) is 23.9 Å². The van der Waals surface area contributed by atoms with Crippen LogP contribution in [-0.4, -0.2) is 36.7 Å². The predicted octanol–water partition coefficient (Wildman–Crippen LogP) is 0.515. The molecule has 8 heteroatoms. The number of nitrogens with one attached hydrogen (secondary N) is 1. The van der Waals surface area contributed by atoms with E-state index in [4.69, 9.17) is 0 Å². The van der Waals surface area contributed by atoms with Gasteiger partial charge in [0.1, 0.15) is 6.20 Å². The molecule has 1 aromatic rings. The largest absolute Gasteiger partial charge is 0.313 e. The number of sulfone groups is 1. The molecule has 0 spiro atoms. The summed E-state index contributed by atoms with van der Waals surface area (Å²) in [6, 6.07) is 2.29. The van der Waals surface area contributed by atoms with Crippen molar-refractivity contribution in [3.05, 3.63) is 28.4 Å². The van der Waals surface area contributed by atoms with Crippen LogP contribution in [0.4, 0.5) is 5.69 Å². The van der Waals surface area contributed by atoms with E-state index in [-0.39, 0.29) is 22.5 Å². The first-order valence-corrected chi connectivity index (χ1v) is 7.21. The van der Waals surface area contributed by atoms with Crippen LogP contribution in [-0.2, 0) is 9.84 Å². The van der Waals surface area contributed by atoms with Crippen LogP contribution >= 0.6 is 0 Å². The van der Waals surface area contributed by atoms with Crippen molar-refractivity contribution in [3.63, 3.8) is 0 Å². The maximum atomic E-state index is 12.0. The lowest BCUT2D eigenvalue weighted by Gasteiger charge is -2.09. The highest BCUT2D eigenvalue weighted by Gasteiger charge is 2.25. The van der Waals surface area contributed by atoms with Crippen LogP contribution in [0.25, 0.3) is 0 Å². The zero-order chi connectivity index (χ0) is 13.2. The van der Waals surface area contributed by atoms with Gasteiger partial charge in [0.05, 0.1) is 10.7 Å². The minimum atomic E-state index is -3.48. The van der Waals surface area contributed by atoms with Crippen LogP contribution in [0.2, 0.25) is 0 Å². The molecule has 1 fully saturated rings. The average molecular weight is 271 g/mol. The van der Waals surface area contributed by atoms with Crippen LogP contribution in [0.5, 0.6) is 0 Å². The second-order valence-corrected chi connectivity index (χ2v) is 6.17. The average Bonchev–Trinajstić information content (AvgIpc) is 2.81. The summed E-state index contributed by atoms with van der Waals surface area (Å²) in [6.45, 7) is 0.827. The molecule has 0 bridgehead atoms. The minimum Gasteiger partial charge on any atom is -0.313 e. The molecule has 0 unspecified atom stereocenters. The second kappa shape index (κ2) is 4.99. The Morgan fingerprint density at radius 1 is 1.50 bits per heavy atom. The van der Waals surface area contributed by atoms with Gasteiger partial charge >= 0.3 is 0 Å². The highest BCUT2D eigenvalue weighted by molar-refractivity contribution is 7.91. The molecule has 0 aromatic carbocycles. The van der Waals surface area contributed by atoms with Gasteiger partial charge in [0.15, 0.2) is 14.9 Å². The van der Waals surface area contributed by atoms with Crippen molar-refractivity contribution >= 4 is 15.5 Å². The molecule has 0 radical (unpaired) electrons. The lowest BCUT2D eigenvalue weighted by molar-refractivity contribution is -0.385. The van der Waals surface area contributed by atoms with Crippen LogP contribution < -0.4 is 5.32 Å². The second-order valence-electron chi connectivity index (χ2n) is 4.19. The van der Waals surface area contributed by atoms with E-state index < -0.39 is 14.8 Å². The van der Waals surface area contributed by atoms with Gasteiger partial charge in [0.25, 0.3) is 5.69 Å². The zero-order valence-corrected chi connectivity index (χ0v) is 10.4. The Labute approximate surface area is 104 Å². The summed E-state index contributed by atoms with van der Waals surface area (Å²) in [4.78, 5) is 13.5. The van der Waals surface area contributed by atoms with E-state index in [2.05, 4.69) is 10.3 Å². The number of pyridine rings is 1. The van der Waals surface area contributed by atoms with E-state index in [1.165, 1.54) is 6.07 Å². The summed E-state index contributed by atoms with van der Waals surface area (Å²) in [7, 11) is -3.48. The summed E-state index contributed by atoms with van der Waals surface area (Å²) < 4.78 is 24.0. The lowest BCUT2D eigenvalue weighted by atomic mass is 10.3. The quantitative estimate of drug-likeness (QED) is 0.632. The Kier molecular flexibility index (Phi) is 3.58. The third-order valence-corrected chi connectivity index (χ3v) is 4.55. The molecule has 0 aliphatic carbocycles. The van der Waals surface area contributed by atoms with Gasteiger partial charge < -0.3 is 5.32 Å². The van der Waals surface area contributed by atoms with E-state index in [1.807, 2.05) is 0 Å². The molecular formula is C10H13N3O4S. The SMILES string of the molecule is O=[N+]([O-])c1ccc(S(=O)(=O)C[C@@H]2CCCN2)nc1. The number of aromatic nitrogens is 1. The zero-order valence-electron chi connectivity index (χ0n) is 9.57. The molecule has 98 valence electrons. The smallest absolute Gasteiger partial charge is 0.287 e. The number of rotatable bonds is 4. The topological polar surface area (TPSA) is 102 Å². The highest BCUT2D eigenvalue weighted by Crippen LogP contribution is 2.16. The maximum Gasteiger partial charge on any atom is 0.287 e. The Morgan fingerprint density at radius 2 is 2.28 bits per heavy atom. The van der Waals surface area contributed by atoms with Crippen molar-refractivity contribution < 1.29 is 13.3 Å². The molecule has 1 aliphatic rings. The summed E-state index contributed by atoms with van der Waals surface area (Å²) >= 11 is 0. The third-order valence-electron chi connectivity index (χ3n) is 2.83. The van der Waals surface area contributed by atoms with Gasteiger partial charge in [-0.3, -0.25) is 10.1 Å². The van der Waals surface area contributed by atoms with Gasteiger partial charge in [-0.15, -0.1) is 0 Å². The summed E-state index contributed by atoms with van der Waals surface area (Å²) in [5.74, 6) is -0.0161. The number of nitro groups is 1. The van der Waals surface area contributed by atoms with Gasteiger partial charge in [0.2, 0.25) is 0 Å². The fraction of sp³-hybridized carbons (Fsp3) is 0.500. The predicted molar refractivity (Wildman–Crippen MR) is 64.0 cm³/mol. The van der Waals surface area contributed by atoms with Crippen molar-refractivity contribution in [3.8, 4) is 0 Å². The molecule has 1 saturated heterocycles. The van der Waals surface area contributed by atoms with Crippen LogP contribution in [0.15, 0.2) is 23.4 Å². The molecular weight excluding hydrogens is 258 g/mol. The molecule has 2 rings (SSSR count). The standard InChI is InChI=1S/C10H13N3O4S/c14-13(15)9-3-4-10(12-6-9)18(16,17)7-8-2-1-5-11-8/h3-4,6,8,11H,1-2,5,7H2/t8-/m0/s1. The summed E-state index contributed by atoms with van der Waals surface area (Å²) in [5.41, 5.74) is -0.215. The summed E-state index contributed by atoms with van der Waals surface area (Å²) in [6.07, 6.45) is 2.76. The van der Waals surface area contributed by atoms with E-state index >= 15 is 0 Å². The maximum absolute atomic E-state index is 12.0. The highest BCUT2D eigenvalue weighted by atomic mass is 32.2. The Bertz CT molecular complexity index is 535. The van der Waals surface area contributed by atoms with Gasteiger partial charge in [-0.2, -0.15) is 0 Å². The van der Waals surface area contributed by atoms with Gasteiger partial charge in [-0.1, -0.05) is 0 Å². The van der Waals surface area contributed by atoms with E-state index in [1.54, 1.807) is 0 Å². The fourth-order valence-corrected chi connectivity index (χ4v) is 3.39. The van der Waals surface area contributed by atoms with Crippen LogP contribution in [0.1, 0.15) is 12.8 Å². The number of hydrogen-bond donors (Lipinski definition) is 1. The molecule has 1 aromatic heterocycles. The Morgan fingerprint density at radius 3 is 2.78 bits per heavy atom. The minimum absolute atomic E-state index is 0.0161. The molecule has 1 N–H and O–H groups in total. The lowest BCUT2D eigenvalue weighted by Crippen LogP contribution is -2.30. The van der Waals surface area contributed by atoms with Gasteiger partial charge in [0, 0.05) is 12.1 Å². The van der Waals surface area contributed by atoms with Crippen molar-refractivity contribution in [1.82, 2.24) is 10.3 Å².